The van der Waals surface area contributed by atoms with Gasteiger partial charge in [-0.2, -0.15) is 13.2 Å². The van der Waals surface area contributed by atoms with Crippen LogP contribution in [0.3, 0.4) is 0 Å². The highest BCUT2D eigenvalue weighted by molar-refractivity contribution is 5.21. The van der Waals surface area contributed by atoms with Crippen LogP contribution in [0.4, 0.5) is 17.6 Å². The van der Waals surface area contributed by atoms with Crippen molar-refractivity contribution in [3.8, 4) is 0 Å². The Bertz CT molecular complexity index is 884. The lowest BCUT2D eigenvalue weighted by Crippen LogP contribution is -2.47. The Labute approximate surface area is 179 Å². The van der Waals surface area contributed by atoms with Gasteiger partial charge in [0.25, 0.3) is 0 Å². The van der Waals surface area contributed by atoms with Crippen LogP contribution < -0.4 is 5.32 Å². The van der Waals surface area contributed by atoms with E-state index in [2.05, 4.69) is 21.4 Å². The topological polar surface area (TPSA) is 47.0 Å². The molecular formula is C23H27F4N3O. The van der Waals surface area contributed by atoms with Gasteiger partial charge >= 0.3 is 6.18 Å². The van der Waals surface area contributed by atoms with Crippen LogP contribution >= 0.6 is 0 Å². The number of halogens is 4. The maximum absolute atomic E-state index is 13.8. The van der Waals surface area contributed by atoms with Crippen molar-refractivity contribution in [2.24, 2.45) is 0 Å². The second-order valence-electron chi connectivity index (χ2n) is 8.76. The van der Waals surface area contributed by atoms with E-state index in [1.807, 2.05) is 18.3 Å². The number of nitrogens with zero attached hydrogens (tertiary/aromatic N) is 2. The van der Waals surface area contributed by atoms with E-state index in [1.54, 1.807) is 0 Å². The normalized spacial score (nSPS) is 23.4. The maximum Gasteiger partial charge on any atom is 0.436 e. The first-order valence-electron chi connectivity index (χ1n) is 10.8. The molecule has 3 heterocycles. The average Bonchev–Trinajstić information content (AvgIpc) is 3.18. The second-order valence-corrected chi connectivity index (χ2v) is 8.76. The Kier molecular flexibility index (Phi) is 6.30. The lowest BCUT2D eigenvalue weighted by atomic mass is 9.68. The summed E-state index contributed by atoms with van der Waals surface area (Å²) in [4.78, 5) is 7.92. The van der Waals surface area contributed by atoms with E-state index < -0.39 is 17.7 Å². The van der Waals surface area contributed by atoms with E-state index in [0.717, 1.165) is 50.1 Å². The maximum atomic E-state index is 13.8. The van der Waals surface area contributed by atoms with Crippen LogP contribution in [0.2, 0.25) is 0 Å². The summed E-state index contributed by atoms with van der Waals surface area (Å²) in [6.45, 7) is 1.59. The lowest BCUT2D eigenvalue weighted by molar-refractivity contribution is -0.143. The quantitative estimate of drug-likeness (QED) is 0.500. The summed E-state index contributed by atoms with van der Waals surface area (Å²) in [7, 11) is 0. The number of rotatable bonds is 6. The highest BCUT2D eigenvalue weighted by atomic mass is 19.4. The van der Waals surface area contributed by atoms with Gasteiger partial charge in [-0.05, 0) is 62.4 Å². The van der Waals surface area contributed by atoms with E-state index in [9.17, 15) is 17.6 Å². The van der Waals surface area contributed by atoms with Gasteiger partial charge < -0.3 is 10.1 Å². The number of ether oxygens (including phenoxy) is 1. The molecule has 0 aromatic carbocycles. The summed E-state index contributed by atoms with van der Waals surface area (Å²) in [5.41, 5.74) is -0.212. The molecule has 1 atom stereocenters. The Balaban J connectivity index is 1.42. The summed E-state index contributed by atoms with van der Waals surface area (Å²) in [5.74, 6) is -1.34. The van der Waals surface area contributed by atoms with Crippen LogP contribution in [0.15, 0.2) is 36.7 Å². The van der Waals surface area contributed by atoms with Crippen molar-refractivity contribution >= 4 is 0 Å². The molecule has 31 heavy (non-hydrogen) atoms. The van der Waals surface area contributed by atoms with Gasteiger partial charge in [0.1, 0.15) is 0 Å². The van der Waals surface area contributed by atoms with Crippen molar-refractivity contribution in [3.05, 3.63) is 59.4 Å². The zero-order valence-corrected chi connectivity index (χ0v) is 17.3. The largest absolute Gasteiger partial charge is 0.436 e. The average molecular weight is 437 g/mol. The van der Waals surface area contributed by atoms with E-state index in [4.69, 9.17) is 4.74 Å². The zero-order valence-electron chi connectivity index (χ0n) is 17.3. The molecule has 0 bridgehead atoms. The van der Waals surface area contributed by atoms with Crippen LogP contribution in [0.1, 0.15) is 61.9 Å². The van der Waals surface area contributed by atoms with Crippen LogP contribution in [-0.2, 0) is 22.9 Å². The number of hydrogen-bond donors (Lipinski definition) is 1. The first-order valence-corrected chi connectivity index (χ1v) is 10.8. The highest BCUT2D eigenvalue weighted by Gasteiger charge is 2.48. The number of aromatic nitrogens is 2. The van der Waals surface area contributed by atoms with Crippen molar-refractivity contribution in [2.75, 3.05) is 13.2 Å². The van der Waals surface area contributed by atoms with Crippen LogP contribution in [-0.4, -0.2) is 28.7 Å². The van der Waals surface area contributed by atoms with Crippen LogP contribution in [0, 0.1) is 5.82 Å². The van der Waals surface area contributed by atoms with E-state index in [-0.39, 0.29) is 17.6 Å². The van der Waals surface area contributed by atoms with Crippen molar-refractivity contribution < 1.29 is 22.3 Å². The molecule has 2 aromatic heterocycles. The predicted molar refractivity (Wildman–Crippen MR) is 108 cm³/mol. The van der Waals surface area contributed by atoms with Gasteiger partial charge in [-0.1, -0.05) is 18.9 Å². The summed E-state index contributed by atoms with van der Waals surface area (Å²) in [5, 5.41) is 3.25. The minimum absolute atomic E-state index is 0.0732. The molecule has 4 rings (SSSR count). The van der Waals surface area contributed by atoms with Crippen molar-refractivity contribution in [1.29, 1.82) is 0 Å². The SMILES string of the molecule is Fc1cc(CNCCC2(c3ccccn3)CCOC3(CCCC3)C2)cnc1C(F)(F)F. The Morgan fingerprint density at radius 1 is 1.10 bits per heavy atom. The molecule has 1 aliphatic heterocycles. The molecule has 2 aliphatic rings. The number of nitrogens with one attached hydrogen (secondary N) is 1. The smallest absolute Gasteiger partial charge is 0.375 e. The van der Waals surface area contributed by atoms with Crippen molar-refractivity contribution in [1.82, 2.24) is 15.3 Å². The van der Waals surface area contributed by atoms with Gasteiger partial charge in [0.05, 0.1) is 5.60 Å². The standard InChI is InChI=1S/C23H27F4N3O/c24-18-13-17(15-30-20(18)23(25,26)27)14-28-11-8-21(19-5-1-4-10-29-19)9-12-31-22(16-21)6-2-3-7-22/h1,4-5,10,13,15,28H,2-3,6-9,11-12,14,16H2. The lowest BCUT2D eigenvalue weighted by Gasteiger charge is -2.46. The molecule has 0 amide bonds. The minimum Gasteiger partial charge on any atom is -0.375 e. The summed E-state index contributed by atoms with van der Waals surface area (Å²) in [6.07, 6.45) is 5.26. The van der Waals surface area contributed by atoms with Gasteiger partial charge in [-0.15, -0.1) is 0 Å². The molecule has 0 radical (unpaired) electrons. The number of pyridine rings is 2. The molecule has 168 valence electrons. The van der Waals surface area contributed by atoms with Crippen molar-refractivity contribution in [2.45, 2.75) is 68.7 Å². The highest BCUT2D eigenvalue weighted by Crippen LogP contribution is 2.49. The van der Waals surface area contributed by atoms with Gasteiger partial charge in [0.2, 0.25) is 0 Å². The van der Waals surface area contributed by atoms with Crippen molar-refractivity contribution in [3.63, 3.8) is 0 Å². The third-order valence-electron chi connectivity index (χ3n) is 6.65. The van der Waals surface area contributed by atoms with E-state index in [0.29, 0.717) is 18.7 Å². The van der Waals surface area contributed by atoms with Crippen LogP contribution in [0.25, 0.3) is 0 Å². The molecule has 2 aromatic rings. The summed E-state index contributed by atoms with van der Waals surface area (Å²) in [6, 6.07) is 6.89. The third-order valence-corrected chi connectivity index (χ3v) is 6.65. The molecule has 4 nitrogen and oxygen atoms in total. The molecule has 1 saturated heterocycles. The first-order chi connectivity index (χ1) is 14.8. The molecule has 8 heteroatoms. The molecule has 1 saturated carbocycles. The fraction of sp³-hybridized carbons (Fsp3) is 0.565. The molecule has 1 N–H and O–H groups in total. The van der Waals surface area contributed by atoms with E-state index in [1.165, 1.54) is 12.8 Å². The summed E-state index contributed by atoms with van der Waals surface area (Å²) < 4.78 is 58.1. The van der Waals surface area contributed by atoms with Crippen LogP contribution in [0.5, 0.6) is 0 Å². The third kappa shape index (κ3) is 4.90. The summed E-state index contributed by atoms with van der Waals surface area (Å²) >= 11 is 0. The van der Waals surface area contributed by atoms with Gasteiger partial charge in [-0.25, -0.2) is 9.37 Å². The first kappa shape index (κ1) is 22.1. The monoisotopic (exact) mass is 437 g/mol. The number of hydrogen-bond acceptors (Lipinski definition) is 4. The Morgan fingerprint density at radius 2 is 1.90 bits per heavy atom. The Hall–Kier alpha value is -2.06. The fourth-order valence-corrected chi connectivity index (χ4v) is 5.14. The minimum atomic E-state index is -4.79. The molecular weight excluding hydrogens is 410 g/mol. The molecule has 1 spiro atoms. The molecule has 2 fully saturated rings. The molecule has 1 aliphatic carbocycles. The Morgan fingerprint density at radius 3 is 2.58 bits per heavy atom. The van der Waals surface area contributed by atoms with Gasteiger partial charge in [-0.3, -0.25) is 4.98 Å². The predicted octanol–water partition coefficient (Wildman–Crippen LogP) is 5.18. The van der Waals surface area contributed by atoms with Gasteiger partial charge in [0.15, 0.2) is 11.5 Å². The number of alkyl halides is 3. The second kappa shape index (κ2) is 8.82. The zero-order chi connectivity index (χ0) is 22.0. The fourth-order valence-electron chi connectivity index (χ4n) is 5.14. The van der Waals surface area contributed by atoms with Gasteiger partial charge in [0, 0.05) is 36.7 Å². The van der Waals surface area contributed by atoms with E-state index >= 15 is 0 Å². The molecule has 1 unspecified atom stereocenters.